The van der Waals surface area contributed by atoms with Gasteiger partial charge in [0.25, 0.3) is 0 Å². The van der Waals surface area contributed by atoms with Gasteiger partial charge in [-0.15, -0.1) is 0 Å². The molecule has 2 unspecified atom stereocenters. The van der Waals surface area contributed by atoms with E-state index < -0.39 is 41.1 Å². The second-order valence-corrected chi connectivity index (χ2v) is 10.9. The average molecular weight is 516 g/mol. The highest BCUT2D eigenvalue weighted by Gasteiger charge is 2.78. The Morgan fingerprint density at radius 2 is 1.84 bits per heavy atom. The number of aliphatic hydroxyl groups is 1. The number of benzene rings is 1. The Kier molecular flexibility index (Phi) is 7.59. The van der Waals surface area contributed by atoms with Gasteiger partial charge in [0.05, 0.1) is 30.8 Å². The zero-order valence-electron chi connectivity index (χ0n) is 22.8. The van der Waals surface area contributed by atoms with Crippen LogP contribution in [0.3, 0.4) is 0 Å². The molecule has 1 spiro atoms. The van der Waals surface area contributed by atoms with E-state index in [-0.39, 0.29) is 30.9 Å². The summed E-state index contributed by atoms with van der Waals surface area (Å²) in [6.45, 7) is 13.2. The van der Waals surface area contributed by atoms with Gasteiger partial charge < -0.3 is 29.7 Å². The van der Waals surface area contributed by atoms with E-state index in [4.69, 9.17) is 9.47 Å². The third-order valence-electron chi connectivity index (χ3n) is 8.58. The molecule has 2 amide bonds. The Bertz CT molecular complexity index is 1030. The van der Waals surface area contributed by atoms with Gasteiger partial charge in [-0.2, -0.15) is 0 Å². The number of ether oxygens (including phenoxy) is 2. The van der Waals surface area contributed by atoms with Crippen molar-refractivity contribution in [1.82, 2.24) is 4.90 Å². The molecule has 4 rings (SSSR count). The third-order valence-corrected chi connectivity index (χ3v) is 8.58. The van der Waals surface area contributed by atoms with Crippen molar-refractivity contribution in [3.63, 3.8) is 0 Å². The molecule has 0 radical (unpaired) electrons. The molecule has 3 aliphatic heterocycles. The van der Waals surface area contributed by atoms with Gasteiger partial charge in [-0.25, -0.2) is 0 Å². The van der Waals surface area contributed by atoms with Gasteiger partial charge in [0.2, 0.25) is 11.8 Å². The van der Waals surface area contributed by atoms with Gasteiger partial charge in [0, 0.05) is 24.5 Å². The number of rotatable bonds is 10. The maximum absolute atomic E-state index is 14.0. The molecule has 0 saturated carbocycles. The van der Waals surface area contributed by atoms with E-state index in [9.17, 15) is 19.5 Å². The first-order chi connectivity index (χ1) is 17.6. The minimum atomic E-state index is -1.16. The zero-order chi connectivity index (χ0) is 27.1. The zero-order valence-corrected chi connectivity index (χ0v) is 22.8. The highest BCUT2D eigenvalue weighted by molar-refractivity contribution is 6.03. The molecule has 3 saturated heterocycles. The van der Waals surface area contributed by atoms with Crippen molar-refractivity contribution >= 4 is 29.2 Å². The summed E-state index contributed by atoms with van der Waals surface area (Å²) in [5.41, 5.74) is -0.368. The summed E-state index contributed by atoms with van der Waals surface area (Å²) in [7, 11) is 0. The highest BCUT2D eigenvalue weighted by Crippen LogP contribution is 2.63. The van der Waals surface area contributed by atoms with E-state index >= 15 is 0 Å². The Balaban J connectivity index is 1.71. The molecule has 0 aromatic heterocycles. The molecule has 3 aliphatic rings. The summed E-state index contributed by atoms with van der Waals surface area (Å²) in [6.07, 6.45) is 1.02. The number of aliphatic hydroxyl groups excluding tert-OH is 1. The SMILES string of the molecule is CCOC(=O)[C@H]1[C@H]2C(=O)N([C@@H](CO)C(C)C)C(C(=O)Nc3ccc(N(CC)CC)cc3)C23CC[C@]1(C)O3. The maximum Gasteiger partial charge on any atom is 0.312 e. The number of likely N-dealkylation sites (tertiary alicyclic amines) is 1. The number of fused-ring (bicyclic) bond motifs is 1. The number of hydrogen-bond acceptors (Lipinski definition) is 7. The molecular weight excluding hydrogens is 474 g/mol. The Labute approximate surface area is 219 Å². The van der Waals surface area contributed by atoms with Gasteiger partial charge in [0.15, 0.2) is 0 Å². The van der Waals surface area contributed by atoms with Crippen molar-refractivity contribution in [1.29, 1.82) is 0 Å². The average Bonchev–Trinajstić information content (AvgIpc) is 3.42. The lowest BCUT2D eigenvalue weighted by Crippen LogP contribution is -2.57. The fourth-order valence-corrected chi connectivity index (χ4v) is 6.79. The quantitative estimate of drug-likeness (QED) is 0.461. The first kappa shape index (κ1) is 27.4. The molecule has 0 aliphatic carbocycles. The summed E-state index contributed by atoms with van der Waals surface area (Å²) in [6, 6.07) is 6.05. The van der Waals surface area contributed by atoms with E-state index in [0.29, 0.717) is 18.5 Å². The van der Waals surface area contributed by atoms with Crippen LogP contribution in [0.15, 0.2) is 24.3 Å². The number of anilines is 2. The minimum Gasteiger partial charge on any atom is -0.466 e. The number of nitrogens with zero attached hydrogens (tertiary/aromatic N) is 2. The number of carbonyl (C=O) groups is 3. The Hall–Kier alpha value is -2.65. The number of amides is 2. The van der Waals surface area contributed by atoms with Gasteiger partial charge in [-0.1, -0.05) is 13.8 Å². The predicted octanol–water partition coefficient (Wildman–Crippen LogP) is 2.82. The molecule has 3 fully saturated rings. The Morgan fingerprint density at radius 1 is 1.19 bits per heavy atom. The van der Waals surface area contributed by atoms with Crippen LogP contribution in [0.4, 0.5) is 11.4 Å². The summed E-state index contributed by atoms with van der Waals surface area (Å²) < 4.78 is 11.9. The Morgan fingerprint density at radius 3 is 2.38 bits per heavy atom. The molecule has 1 aromatic rings. The first-order valence-electron chi connectivity index (χ1n) is 13.5. The van der Waals surface area contributed by atoms with Crippen LogP contribution in [0, 0.1) is 17.8 Å². The fourth-order valence-electron chi connectivity index (χ4n) is 6.79. The van der Waals surface area contributed by atoms with E-state index in [2.05, 4.69) is 24.1 Å². The third kappa shape index (κ3) is 4.30. The topological polar surface area (TPSA) is 108 Å². The van der Waals surface area contributed by atoms with E-state index in [0.717, 1.165) is 18.8 Å². The molecule has 2 N–H and O–H groups in total. The lowest BCUT2D eigenvalue weighted by atomic mass is 9.66. The van der Waals surface area contributed by atoms with Crippen LogP contribution in [-0.4, -0.2) is 77.4 Å². The van der Waals surface area contributed by atoms with Crippen LogP contribution in [0.1, 0.15) is 54.4 Å². The lowest BCUT2D eigenvalue weighted by molar-refractivity contribution is -0.160. The van der Waals surface area contributed by atoms with Crippen LogP contribution in [-0.2, 0) is 23.9 Å². The number of nitrogens with one attached hydrogen (secondary N) is 1. The highest BCUT2D eigenvalue weighted by atomic mass is 16.6. The second kappa shape index (κ2) is 10.3. The molecule has 6 atom stereocenters. The van der Waals surface area contributed by atoms with Crippen LogP contribution in [0.25, 0.3) is 0 Å². The normalized spacial score (nSPS) is 31.0. The molecule has 9 heteroatoms. The van der Waals surface area contributed by atoms with Crippen molar-refractivity contribution in [2.24, 2.45) is 17.8 Å². The van der Waals surface area contributed by atoms with Crippen molar-refractivity contribution in [3.8, 4) is 0 Å². The largest absolute Gasteiger partial charge is 0.466 e. The lowest BCUT2D eigenvalue weighted by Gasteiger charge is -2.38. The number of hydrogen-bond donors (Lipinski definition) is 2. The second-order valence-electron chi connectivity index (χ2n) is 10.9. The minimum absolute atomic E-state index is 0.110. The summed E-state index contributed by atoms with van der Waals surface area (Å²) in [5, 5.41) is 13.3. The fraction of sp³-hybridized carbons (Fsp3) is 0.679. The monoisotopic (exact) mass is 515 g/mol. The molecule has 3 heterocycles. The smallest absolute Gasteiger partial charge is 0.312 e. The van der Waals surface area contributed by atoms with E-state index in [1.54, 1.807) is 6.92 Å². The first-order valence-corrected chi connectivity index (χ1v) is 13.5. The van der Waals surface area contributed by atoms with Crippen molar-refractivity contribution in [2.45, 2.75) is 77.7 Å². The predicted molar refractivity (Wildman–Crippen MR) is 140 cm³/mol. The molecular formula is C28H41N3O6. The van der Waals surface area contributed by atoms with Crippen LogP contribution in [0.5, 0.6) is 0 Å². The summed E-state index contributed by atoms with van der Waals surface area (Å²) in [5.74, 6) is -2.91. The standard InChI is InChI=1S/C28H41N3O6/c1-7-30(8-2)19-12-10-18(11-13-19)29-24(33)23-28-15-14-27(6,37-28)22(26(35)36-9-3)21(28)25(34)31(23)20(16-32)17(4)5/h10-13,17,20-23,32H,7-9,14-16H2,1-6H3,(H,29,33)/t20-,21-,22+,23?,27-,28?/m0/s1. The summed E-state index contributed by atoms with van der Waals surface area (Å²) in [4.78, 5) is 44.8. The van der Waals surface area contributed by atoms with Gasteiger partial charge in [-0.05, 0) is 70.7 Å². The number of carbonyl (C=O) groups excluding carboxylic acids is 3. The molecule has 37 heavy (non-hydrogen) atoms. The van der Waals surface area contributed by atoms with Crippen LogP contribution in [0.2, 0.25) is 0 Å². The summed E-state index contributed by atoms with van der Waals surface area (Å²) >= 11 is 0. The van der Waals surface area contributed by atoms with Crippen LogP contribution >= 0.6 is 0 Å². The van der Waals surface area contributed by atoms with Crippen molar-refractivity contribution in [2.75, 3.05) is 36.5 Å². The van der Waals surface area contributed by atoms with E-state index in [1.165, 1.54) is 4.90 Å². The molecule has 2 bridgehead atoms. The molecule has 1 aromatic carbocycles. The van der Waals surface area contributed by atoms with Crippen LogP contribution < -0.4 is 10.2 Å². The van der Waals surface area contributed by atoms with Crippen molar-refractivity contribution in [3.05, 3.63) is 24.3 Å². The van der Waals surface area contributed by atoms with Crippen molar-refractivity contribution < 1.29 is 29.0 Å². The van der Waals surface area contributed by atoms with Gasteiger partial charge in [-0.3, -0.25) is 14.4 Å². The maximum atomic E-state index is 14.0. The molecule has 204 valence electrons. The van der Waals surface area contributed by atoms with Gasteiger partial charge in [0.1, 0.15) is 17.6 Å². The van der Waals surface area contributed by atoms with E-state index in [1.807, 2.05) is 45.0 Å². The van der Waals surface area contributed by atoms with Gasteiger partial charge >= 0.3 is 5.97 Å². The number of esters is 1. The molecule has 9 nitrogen and oxygen atoms in total.